The number of pyridine rings is 2. The van der Waals surface area contributed by atoms with Gasteiger partial charge >= 0.3 is 11.4 Å². The van der Waals surface area contributed by atoms with Gasteiger partial charge in [-0.05, 0) is 51.0 Å². The lowest BCUT2D eigenvalue weighted by Gasteiger charge is -2.08. The monoisotopic (exact) mass is 806 g/mol. The van der Waals surface area contributed by atoms with Gasteiger partial charge in [-0.3, -0.25) is 20.2 Å². The minimum absolute atomic E-state index is 0.0291. The predicted octanol–water partition coefficient (Wildman–Crippen LogP) is 8.39. The van der Waals surface area contributed by atoms with Crippen LogP contribution in [0, 0.1) is 47.9 Å². The van der Waals surface area contributed by atoms with Crippen LogP contribution in [-0.2, 0) is 0 Å². The lowest BCUT2D eigenvalue weighted by atomic mass is 10.1. The average Bonchev–Trinajstić information content (AvgIpc) is 3.79. The van der Waals surface area contributed by atoms with E-state index in [0.717, 1.165) is 18.2 Å². The molecule has 0 fully saturated rings. The fourth-order valence-electron chi connectivity index (χ4n) is 4.86. The molecule has 0 atom stereocenters. The minimum atomic E-state index is -0.855. The van der Waals surface area contributed by atoms with Gasteiger partial charge in [0.2, 0.25) is 23.1 Å². The van der Waals surface area contributed by atoms with Crippen molar-refractivity contribution in [2.45, 2.75) is 27.7 Å². The standard InChI is InChI=1S/C16H12Cl2N4O5.C15H10Cl2N4O5/c1-6-11(14(18)19-7(2)12(6)17)15-20-16(27-21-15)8-4-9(22(24)25)13(23)10(5-8)26-3;1-5-10(13(17)18-6(2)11(5)16)14-19-15(26-20-14)7-3-8(21(24)25)12(23)9(22)4-7/h4-5,23H,1-3H3;3-4,22-23H,1-2H3. The van der Waals surface area contributed by atoms with E-state index in [2.05, 4.69) is 30.2 Å². The van der Waals surface area contributed by atoms with Crippen LogP contribution in [0.2, 0.25) is 20.4 Å². The molecule has 0 spiro atoms. The first kappa shape index (κ1) is 38.4. The van der Waals surface area contributed by atoms with Crippen LogP contribution in [-0.4, -0.2) is 62.5 Å². The van der Waals surface area contributed by atoms with Crippen LogP contribution in [0.4, 0.5) is 11.4 Å². The van der Waals surface area contributed by atoms with E-state index in [1.807, 2.05) is 0 Å². The summed E-state index contributed by atoms with van der Waals surface area (Å²) >= 11 is 24.7. The maximum absolute atomic E-state index is 11.1. The Kier molecular flexibility index (Phi) is 10.9. The molecular formula is C31H22Cl4N8O10. The second-order valence-corrected chi connectivity index (χ2v) is 12.3. The highest BCUT2D eigenvalue weighted by Gasteiger charge is 2.26. The first-order chi connectivity index (χ1) is 24.9. The summed E-state index contributed by atoms with van der Waals surface area (Å²) in [6, 6.07) is 4.51. The lowest BCUT2D eigenvalue weighted by molar-refractivity contribution is -0.386. The van der Waals surface area contributed by atoms with Gasteiger partial charge in [-0.15, -0.1) is 0 Å². The van der Waals surface area contributed by atoms with E-state index in [4.69, 9.17) is 60.2 Å². The van der Waals surface area contributed by atoms with Crippen LogP contribution in [0.15, 0.2) is 33.3 Å². The summed E-state index contributed by atoms with van der Waals surface area (Å²) in [5.74, 6) is -2.20. The van der Waals surface area contributed by atoms with Gasteiger partial charge in [-0.1, -0.05) is 56.7 Å². The second-order valence-electron chi connectivity index (χ2n) is 10.9. The number of phenolic OH excluding ortho intramolecular Hbond substituents is 3. The smallest absolute Gasteiger partial charge is 0.315 e. The maximum Gasteiger partial charge on any atom is 0.315 e. The fraction of sp³-hybridized carbons (Fsp3) is 0.161. The number of hydrogen-bond donors (Lipinski definition) is 3. The lowest BCUT2D eigenvalue weighted by Crippen LogP contribution is -1.95. The molecule has 0 aliphatic carbocycles. The number of ether oxygens (including phenoxy) is 1. The molecule has 0 bridgehead atoms. The third kappa shape index (κ3) is 7.43. The SMILES string of the molecule is COc1cc(-c2nc(-c3c(Cl)nc(C)c(Cl)c3C)no2)cc([N+](=O)[O-])c1O.Cc1nc(Cl)c(-c2noc(-c3cc(O)c(O)c([N+](=O)[O-])c3)n2)c(C)c1Cl. The van der Waals surface area contributed by atoms with E-state index in [-0.39, 0.29) is 50.6 Å². The van der Waals surface area contributed by atoms with E-state index < -0.39 is 38.5 Å². The average molecular weight is 808 g/mol. The highest BCUT2D eigenvalue weighted by molar-refractivity contribution is 6.36. The van der Waals surface area contributed by atoms with E-state index in [0.29, 0.717) is 43.7 Å². The van der Waals surface area contributed by atoms with Gasteiger partial charge in [0.15, 0.2) is 11.5 Å². The zero-order valence-electron chi connectivity index (χ0n) is 27.6. The largest absolute Gasteiger partial charge is 0.504 e. The van der Waals surface area contributed by atoms with Crippen molar-refractivity contribution in [1.82, 2.24) is 30.2 Å². The number of nitro groups is 2. The third-order valence-corrected chi connectivity index (χ3v) is 9.18. The number of benzene rings is 2. The Morgan fingerprint density at radius 3 is 1.49 bits per heavy atom. The number of aromatic hydroxyl groups is 3. The van der Waals surface area contributed by atoms with Crippen LogP contribution in [0.1, 0.15) is 22.5 Å². The predicted molar refractivity (Wildman–Crippen MR) is 190 cm³/mol. The zero-order valence-corrected chi connectivity index (χ0v) is 30.6. The molecule has 53 heavy (non-hydrogen) atoms. The first-order valence-electron chi connectivity index (χ1n) is 14.5. The molecule has 0 amide bonds. The van der Waals surface area contributed by atoms with Gasteiger partial charge in [0, 0.05) is 12.1 Å². The molecule has 22 heteroatoms. The van der Waals surface area contributed by atoms with Crippen molar-refractivity contribution in [1.29, 1.82) is 0 Å². The zero-order chi connectivity index (χ0) is 39.0. The number of nitro benzene ring substituents is 2. The number of aryl methyl sites for hydroxylation is 2. The number of rotatable bonds is 7. The third-order valence-electron chi connectivity index (χ3n) is 7.52. The first-order valence-corrected chi connectivity index (χ1v) is 16.0. The Hall–Kier alpha value is -5.82. The fourth-order valence-corrected chi connectivity index (χ4v) is 5.84. The van der Waals surface area contributed by atoms with Gasteiger partial charge in [0.05, 0.1) is 60.6 Å². The number of aromatic nitrogens is 6. The Morgan fingerprint density at radius 1 is 0.660 bits per heavy atom. The highest BCUT2D eigenvalue weighted by Crippen LogP contribution is 2.42. The molecule has 6 aromatic rings. The number of methoxy groups -OCH3 is 1. The number of phenols is 3. The molecule has 2 aromatic carbocycles. The quantitative estimate of drug-likeness (QED) is 0.0592. The van der Waals surface area contributed by atoms with E-state index in [9.17, 15) is 35.5 Å². The summed E-state index contributed by atoms with van der Waals surface area (Å²) in [4.78, 5) is 37.1. The topological polar surface area (TPSA) is 260 Å². The summed E-state index contributed by atoms with van der Waals surface area (Å²) < 4.78 is 15.3. The number of nitrogens with zero attached hydrogens (tertiary/aromatic N) is 8. The summed E-state index contributed by atoms with van der Waals surface area (Å²) in [5, 5.41) is 60.0. The molecule has 4 aromatic heterocycles. The Bertz CT molecular complexity index is 2450. The van der Waals surface area contributed by atoms with Crippen LogP contribution in [0.3, 0.4) is 0 Å². The molecule has 6 rings (SSSR count). The highest BCUT2D eigenvalue weighted by atomic mass is 35.5. The van der Waals surface area contributed by atoms with Crippen LogP contribution >= 0.6 is 46.4 Å². The maximum atomic E-state index is 11.1. The summed E-state index contributed by atoms with van der Waals surface area (Å²) in [6.45, 7) is 6.87. The summed E-state index contributed by atoms with van der Waals surface area (Å²) in [5.41, 5.74) is 2.04. The molecule has 0 unspecified atom stereocenters. The van der Waals surface area contributed by atoms with Gasteiger partial charge in [-0.2, -0.15) is 9.97 Å². The molecule has 0 saturated carbocycles. The van der Waals surface area contributed by atoms with Crippen molar-refractivity contribution in [3.63, 3.8) is 0 Å². The Labute approximate surface area is 316 Å². The van der Waals surface area contributed by atoms with Crippen LogP contribution in [0.5, 0.6) is 23.0 Å². The van der Waals surface area contributed by atoms with Crippen molar-refractivity contribution in [3.8, 4) is 68.7 Å². The molecular weight excluding hydrogens is 786 g/mol. The van der Waals surface area contributed by atoms with Crippen molar-refractivity contribution in [3.05, 3.63) is 87.4 Å². The number of halogens is 4. The van der Waals surface area contributed by atoms with Gasteiger partial charge < -0.3 is 29.1 Å². The summed E-state index contributed by atoms with van der Waals surface area (Å²) in [7, 11) is 1.27. The molecule has 0 radical (unpaired) electrons. The van der Waals surface area contributed by atoms with Crippen molar-refractivity contribution in [2.24, 2.45) is 0 Å². The van der Waals surface area contributed by atoms with Crippen LogP contribution in [0.25, 0.3) is 45.7 Å². The van der Waals surface area contributed by atoms with E-state index in [1.54, 1.807) is 27.7 Å². The Morgan fingerprint density at radius 2 is 1.08 bits per heavy atom. The molecule has 18 nitrogen and oxygen atoms in total. The molecule has 274 valence electrons. The second kappa shape index (κ2) is 15.0. The van der Waals surface area contributed by atoms with Gasteiger partial charge in [0.25, 0.3) is 11.8 Å². The molecule has 0 saturated heterocycles. The normalized spacial score (nSPS) is 10.9. The van der Waals surface area contributed by atoms with Crippen molar-refractivity contribution < 1.29 is 38.9 Å². The van der Waals surface area contributed by atoms with Crippen molar-refractivity contribution >= 4 is 57.8 Å². The summed E-state index contributed by atoms with van der Waals surface area (Å²) in [6.07, 6.45) is 0. The van der Waals surface area contributed by atoms with Gasteiger partial charge in [0.1, 0.15) is 10.3 Å². The minimum Gasteiger partial charge on any atom is -0.504 e. The van der Waals surface area contributed by atoms with E-state index >= 15 is 0 Å². The molecule has 3 N–H and O–H groups in total. The van der Waals surface area contributed by atoms with E-state index in [1.165, 1.54) is 13.2 Å². The molecule has 0 aliphatic rings. The van der Waals surface area contributed by atoms with Gasteiger partial charge in [-0.25, -0.2) is 9.97 Å². The van der Waals surface area contributed by atoms with Crippen LogP contribution < -0.4 is 4.74 Å². The molecule has 0 aliphatic heterocycles. The molecule has 4 heterocycles. The van der Waals surface area contributed by atoms with Crippen molar-refractivity contribution in [2.75, 3.05) is 7.11 Å². The number of hydrogen-bond acceptors (Lipinski definition) is 16. The Balaban J connectivity index is 0.000000204.